The van der Waals surface area contributed by atoms with Crippen LogP contribution < -0.4 is 11.5 Å². The summed E-state index contributed by atoms with van der Waals surface area (Å²) in [6, 6.07) is 6.11. The molecule has 0 bridgehead atoms. The molecule has 0 aromatic carbocycles. The molecule has 0 spiro atoms. The standard InChI is InChI=1S/C13H11N3OS2/c1-6-2-3-9(18-6)10-4-7-11(19-10)8(13(15)17)5-16-12(7)14/h2-5H,1H3,(H2,14,16)(H2,15,17). The summed E-state index contributed by atoms with van der Waals surface area (Å²) < 4.78 is 0.807. The molecule has 1 amide bonds. The van der Waals surface area contributed by atoms with Gasteiger partial charge in [0.1, 0.15) is 5.82 Å². The van der Waals surface area contributed by atoms with E-state index >= 15 is 0 Å². The van der Waals surface area contributed by atoms with Gasteiger partial charge >= 0.3 is 0 Å². The number of carbonyl (C=O) groups is 1. The number of primary amides is 1. The third-order valence-electron chi connectivity index (χ3n) is 2.83. The van der Waals surface area contributed by atoms with Crippen LogP contribution in [0.5, 0.6) is 0 Å². The average molecular weight is 289 g/mol. The first kappa shape index (κ1) is 12.1. The Morgan fingerprint density at radius 2 is 2.05 bits per heavy atom. The van der Waals surface area contributed by atoms with E-state index in [2.05, 4.69) is 24.0 Å². The molecule has 0 aliphatic heterocycles. The van der Waals surface area contributed by atoms with Crippen LogP contribution in [0.1, 0.15) is 15.2 Å². The van der Waals surface area contributed by atoms with Crippen molar-refractivity contribution in [3.05, 3.63) is 34.8 Å². The van der Waals surface area contributed by atoms with Crippen LogP contribution in [0.25, 0.3) is 19.8 Å². The Kier molecular flexibility index (Phi) is 2.76. The molecule has 4 N–H and O–H groups in total. The van der Waals surface area contributed by atoms with E-state index in [1.165, 1.54) is 22.4 Å². The maximum absolute atomic E-state index is 11.4. The highest BCUT2D eigenvalue weighted by molar-refractivity contribution is 7.26. The van der Waals surface area contributed by atoms with E-state index in [-0.39, 0.29) is 0 Å². The van der Waals surface area contributed by atoms with Gasteiger partial charge in [0.05, 0.1) is 10.3 Å². The van der Waals surface area contributed by atoms with Crippen molar-refractivity contribution < 1.29 is 4.79 Å². The zero-order valence-corrected chi connectivity index (χ0v) is 11.8. The van der Waals surface area contributed by atoms with Gasteiger partial charge in [0.2, 0.25) is 0 Å². The molecule has 0 saturated heterocycles. The molecule has 0 aliphatic carbocycles. The maximum Gasteiger partial charge on any atom is 0.251 e. The van der Waals surface area contributed by atoms with E-state index in [0.29, 0.717) is 11.4 Å². The lowest BCUT2D eigenvalue weighted by atomic mass is 10.2. The third-order valence-corrected chi connectivity index (χ3v) is 5.20. The minimum absolute atomic E-state index is 0.425. The second-order valence-electron chi connectivity index (χ2n) is 4.19. The van der Waals surface area contributed by atoms with Crippen LogP contribution in [0.4, 0.5) is 5.82 Å². The molecule has 3 aromatic rings. The highest BCUT2D eigenvalue weighted by atomic mass is 32.1. The molecule has 3 heterocycles. The molecule has 3 rings (SSSR count). The van der Waals surface area contributed by atoms with Crippen molar-refractivity contribution in [2.45, 2.75) is 6.92 Å². The molecule has 0 radical (unpaired) electrons. The van der Waals surface area contributed by atoms with Crippen molar-refractivity contribution in [3.63, 3.8) is 0 Å². The summed E-state index contributed by atoms with van der Waals surface area (Å²) in [5.41, 5.74) is 11.7. The number of thiophene rings is 2. The number of amides is 1. The number of anilines is 1. The predicted octanol–water partition coefficient (Wildman–Crippen LogP) is 3.01. The Labute approximate surface area is 117 Å². The number of nitrogens with zero attached hydrogens (tertiary/aromatic N) is 1. The summed E-state index contributed by atoms with van der Waals surface area (Å²) in [7, 11) is 0. The predicted molar refractivity (Wildman–Crippen MR) is 80.6 cm³/mol. The number of hydrogen-bond donors (Lipinski definition) is 2. The first-order chi connectivity index (χ1) is 9.06. The molecule has 0 aliphatic rings. The summed E-state index contributed by atoms with van der Waals surface area (Å²) in [6.07, 6.45) is 1.44. The fraction of sp³-hybridized carbons (Fsp3) is 0.0769. The maximum atomic E-state index is 11.4. The molecule has 19 heavy (non-hydrogen) atoms. The minimum Gasteiger partial charge on any atom is -0.383 e. The number of nitrogens with two attached hydrogens (primary N) is 2. The summed E-state index contributed by atoms with van der Waals surface area (Å²) in [5.74, 6) is -0.0518. The topological polar surface area (TPSA) is 82.0 Å². The van der Waals surface area contributed by atoms with Gasteiger partial charge in [0.25, 0.3) is 5.91 Å². The van der Waals surface area contributed by atoms with Gasteiger partial charge in [-0.05, 0) is 25.1 Å². The number of aromatic nitrogens is 1. The van der Waals surface area contributed by atoms with E-state index in [9.17, 15) is 4.79 Å². The smallest absolute Gasteiger partial charge is 0.251 e. The van der Waals surface area contributed by atoms with Gasteiger partial charge in [-0.3, -0.25) is 4.79 Å². The second-order valence-corrected chi connectivity index (χ2v) is 6.53. The first-order valence-corrected chi connectivity index (χ1v) is 7.24. The minimum atomic E-state index is -0.478. The largest absolute Gasteiger partial charge is 0.383 e. The molecule has 0 unspecified atom stereocenters. The van der Waals surface area contributed by atoms with Crippen LogP contribution in [-0.4, -0.2) is 10.9 Å². The lowest BCUT2D eigenvalue weighted by molar-refractivity contribution is 0.100. The van der Waals surface area contributed by atoms with Crippen LogP contribution >= 0.6 is 22.7 Å². The van der Waals surface area contributed by atoms with E-state index in [1.807, 2.05) is 6.07 Å². The molecule has 4 nitrogen and oxygen atoms in total. The zero-order valence-electron chi connectivity index (χ0n) is 10.1. The quantitative estimate of drug-likeness (QED) is 0.760. The van der Waals surface area contributed by atoms with Crippen LogP contribution in [0, 0.1) is 6.92 Å². The van der Waals surface area contributed by atoms with Crippen molar-refractivity contribution in [1.29, 1.82) is 0 Å². The summed E-state index contributed by atoms with van der Waals surface area (Å²) in [4.78, 5) is 18.9. The van der Waals surface area contributed by atoms with Gasteiger partial charge in [0.15, 0.2) is 0 Å². The normalized spacial score (nSPS) is 11.0. The Hall–Kier alpha value is -1.92. The van der Waals surface area contributed by atoms with Gasteiger partial charge in [-0.1, -0.05) is 0 Å². The lowest BCUT2D eigenvalue weighted by Crippen LogP contribution is -2.11. The monoisotopic (exact) mass is 289 g/mol. The van der Waals surface area contributed by atoms with Gasteiger partial charge in [-0.15, -0.1) is 22.7 Å². The molecule has 0 saturated carbocycles. The SMILES string of the molecule is Cc1ccc(-c2cc3c(N)ncc(C(N)=O)c3s2)s1. The van der Waals surface area contributed by atoms with Gasteiger partial charge in [-0.25, -0.2) is 4.98 Å². The van der Waals surface area contributed by atoms with E-state index in [1.54, 1.807) is 11.3 Å². The third kappa shape index (κ3) is 1.98. The first-order valence-electron chi connectivity index (χ1n) is 5.61. The number of carbonyl (C=O) groups excluding carboxylic acids is 1. The Bertz CT molecular complexity index is 788. The number of pyridine rings is 1. The Morgan fingerprint density at radius 3 is 2.68 bits per heavy atom. The van der Waals surface area contributed by atoms with Gasteiger partial charge < -0.3 is 11.5 Å². The summed E-state index contributed by atoms with van der Waals surface area (Å²) in [6.45, 7) is 2.06. The van der Waals surface area contributed by atoms with Crippen LogP contribution in [0.15, 0.2) is 24.4 Å². The fourth-order valence-electron chi connectivity index (χ4n) is 1.91. The highest BCUT2D eigenvalue weighted by Gasteiger charge is 2.15. The number of hydrogen-bond acceptors (Lipinski definition) is 5. The Morgan fingerprint density at radius 1 is 1.26 bits per heavy atom. The molecule has 0 fully saturated rings. The fourth-order valence-corrected chi connectivity index (χ4v) is 4.04. The van der Waals surface area contributed by atoms with Crippen LogP contribution in [0.2, 0.25) is 0 Å². The van der Waals surface area contributed by atoms with Crippen molar-refractivity contribution in [2.75, 3.05) is 5.73 Å². The van der Waals surface area contributed by atoms with Crippen molar-refractivity contribution >= 4 is 44.5 Å². The van der Waals surface area contributed by atoms with Gasteiger partial charge in [0, 0.05) is 26.2 Å². The summed E-state index contributed by atoms with van der Waals surface area (Å²) in [5, 5.41) is 0.794. The number of rotatable bonds is 2. The van der Waals surface area contributed by atoms with Gasteiger partial charge in [-0.2, -0.15) is 0 Å². The highest BCUT2D eigenvalue weighted by Crippen LogP contribution is 2.39. The molecule has 96 valence electrons. The summed E-state index contributed by atoms with van der Waals surface area (Å²) >= 11 is 3.23. The molecular weight excluding hydrogens is 278 g/mol. The van der Waals surface area contributed by atoms with Crippen molar-refractivity contribution in [1.82, 2.24) is 4.98 Å². The number of fused-ring (bicyclic) bond motifs is 1. The number of nitrogen functional groups attached to an aromatic ring is 1. The lowest BCUT2D eigenvalue weighted by Gasteiger charge is -1.99. The van der Waals surface area contributed by atoms with Crippen molar-refractivity contribution in [2.24, 2.45) is 5.73 Å². The molecule has 0 atom stereocenters. The second kappa shape index (κ2) is 4.32. The number of aryl methyl sites for hydroxylation is 1. The van der Waals surface area contributed by atoms with E-state index in [4.69, 9.17) is 11.5 Å². The zero-order chi connectivity index (χ0) is 13.6. The average Bonchev–Trinajstić information content (AvgIpc) is 2.95. The Balaban J connectivity index is 2.28. The van der Waals surface area contributed by atoms with Crippen LogP contribution in [0.3, 0.4) is 0 Å². The van der Waals surface area contributed by atoms with Crippen LogP contribution in [-0.2, 0) is 0 Å². The molecular formula is C13H11N3OS2. The van der Waals surface area contributed by atoms with E-state index < -0.39 is 5.91 Å². The molecule has 6 heteroatoms. The van der Waals surface area contributed by atoms with Crippen molar-refractivity contribution in [3.8, 4) is 9.75 Å². The van der Waals surface area contributed by atoms with E-state index in [0.717, 1.165) is 19.8 Å². The molecule has 3 aromatic heterocycles.